The largest absolute Gasteiger partial charge is 0.243 e. The Morgan fingerprint density at radius 1 is 1.37 bits per heavy atom. The van der Waals surface area contributed by atoms with Gasteiger partial charge in [0.05, 0.1) is 9.37 Å². The smallest absolute Gasteiger partial charge is 0.207 e. The van der Waals surface area contributed by atoms with Crippen molar-refractivity contribution < 1.29 is 12.8 Å². The fourth-order valence-corrected chi connectivity index (χ4v) is 3.62. The van der Waals surface area contributed by atoms with Crippen LogP contribution in [0.3, 0.4) is 0 Å². The number of nitrogens with zero attached hydrogens (tertiary/aromatic N) is 1. The molecule has 0 fully saturated rings. The van der Waals surface area contributed by atoms with E-state index < -0.39 is 15.8 Å². The Morgan fingerprint density at radius 2 is 2.11 bits per heavy atom. The molecule has 0 saturated heterocycles. The van der Waals surface area contributed by atoms with E-state index in [-0.39, 0.29) is 15.9 Å². The Morgan fingerprint density at radius 3 is 2.68 bits per heavy atom. The van der Waals surface area contributed by atoms with Gasteiger partial charge in [0.1, 0.15) is 5.82 Å². The van der Waals surface area contributed by atoms with E-state index in [0.29, 0.717) is 0 Å². The van der Waals surface area contributed by atoms with E-state index in [9.17, 15) is 12.8 Å². The lowest BCUT2D eigenvalue weighted by atomic mass is 10.3. The molecule has 0 unspecified atom stereocenters. The average molecular weight is 364 g/mol. The van der Waals surface area contributed by atoms with Gasteiger partial charge in [-0.2, -0.15) is 15.6 Å². The maximum atomic E-state index is 13.4. The van der Waals surface area contributed by atoms with Crippen molar-refractivity contribution in [2.24, 2.45) is 0 Å². The molecule has 0 spiro atoms. The zero-order chi connectivity index (χ0) is 14.0. The van der Waals surface area contributed by atoms with Crippen LogP contribution in [0.1, 0.15) is 5.56 Å². The van der Waals surface area contributed by atoms with Gasteiger partial charge in [0.25, 0.3) is 0 Å². The predicted molar refractivity (Wildman–Crippen MR) is 77.1 cm³/mol. The molecule has 0 N–H and O–H groups in total. The molecular weight excluding hydrogens is 353 g/mol. The van der Waals surface area contributed by atoms with E-state index in [1.165, 1.54) is 34.8 Å². The fraction of sp³-hybridized carbons (Fsp3) is 0.167. The summed E-state index contributed by atoms with van der Waals surface area (Å²) in [6, 6.07) is 5.65. The Hall–Kier alpha value is -0.760. The van der Waals surface area contributed by atoms with E-state index >= 15 is 0 Å². The summed E-state index contributed by atoms with van der Waals surface area (Å²) < 4.78 is 39.4. The van der Waals surface area contributed by atoms with Crippen molar-refractivity contribution in [3.8, 4) is 0 Å². The minimum absolute atomic E-state index is 0.0501. The quantitative estimate of drug-likeness (QED) is 0.833. The molecule has 1 aromatic carbocycles. The molecule has 0 aliphatic rings. The summed E-state index contributed by atoms with van der Waals surface area (Å²) in [7, 11) is -2.20. The first-order chi connectivity index (χ1) is 8.91. The molecule has 0 aliphatic heterocycles. The lowest BCUT2D eigenvalue weighted by Crippen LogP contribution is -2.26. The zero-order valence-electron chi connectivity index (χ0n) is 10.0. The number of thiophene rings is 1. The molecule has 2 aromatic rings. The van der Waals surface area contributed by atoms with Gasteiger partial charge in [0.15, 0.2) is 0 Å². The van der Waals surface area contributed by atoms with Gasteiger partial charge in [0.2, 0.25) is 10.0 Å². The van der Waals surface area contributed by atoms with Gasteiger partial charge in [-0.1, -0.05) is 0 Å². The first-order valence-corrected chi connectivity index (χ1v) is 8.51. The van der Waals surface area contributed by atoms with Crippen molar-refractivity contribution in [3.05, 3.63) is 50.9 Å². The Labute approximate surface area is 123 Å². The summed E-state index contributed by atoms with van der Waals surface area (Å²) in [5, 5.41) is 3.77. The van der Waals surface area contributed by atoms with Crippen LogP contribution in [-0.4, -0.2) is 19.8 Å². The van der Waals surface area contributed by atoms with Crippen LogP contribution in [0.2, 0.25) is 0 Å². The highest BCUT2D eigenvalue weighted by atomic mass is 79.9. The number of hydrogen-bond donors (Lipinski definition) is 0. The van der Waals surface area contributed by atoms with Crippen LogP contribution in [0, 0.1) is 5.82 Å². The van der Waals surface area contributed by atoms with Crippen LogP contribution < -0.4 is 0 Å². The number of halogens is 2. The standard InChI is InChI=1S/C12H11BrFNO2S2/c1-15(7-9-4-5-18-8-9)19(16,17)10-2-3-11(13)12(14)6-10/h2-6,8H,7H2,1H3. The van der Waals surface area contributed by atoms with Crippen molar-refractivity contribution in [3.63, 3.8) is 0 Å². The van der Waals surface area contributed by atoms with Gasteiger partial charge < -0.3 is 0 Å². The topological polar surface area (TPSA) is 37.4 Å². The maximum absolute atomic E-state index is 13.4. The summed E-state index contributed by atoms with van der Waals surface area (Å²) >= 11 is 4.50. The molecule has 0 radical (unpaired) electrons. The molecule has 0 bridgehead atoms. The van der Waals surface area contributed by atoms with Crippen molar-refractivity contribution in [1.29, 1.82) is 0 Å². The molecule has 1 heterocycles. The van der Waals surface area contributed by atoms with E-state index in [0.717, 1.165) is 11.6 Å². The van der Waals surface area contributed by atoms with Crippen LogP contribution in [0.15, 0.2) is 44.4 Å². The number of hydrogen-bond acceptors (Lipinski definition) is 3. The molecule has 1 aromatic heterocycles. The Kier molecular flexibility index (Phi) is 4.39. The predicted octanol–water partition coefficient (Wildman–Crippen LogP) is 3.47. The lowest BCUT2D eigenvalue weighted by Gasteiger charge is -2.16. The van der Waals surface area contributed by atoms with Gasteiger partial charge >= 0.3 is 0 Å². The molecular formula is C12H11BrFNO2S2. The lowest BCUT2D eigenvalue weighted by molar-refractivity contribution is 0.466. The first-order valence-electron chi connectivity index (χ1n) is 5.34. The molecule has 0 saturated carbocycles. The third-order valence-electron chi connectivity index (χ3n) is 2.58. The zero-order valence-corrected chi connectivity index (χ0v) is 13.2. The van der Waals surface area contributed by atoms with Crippen LogP contribution in [0.25, 0.3) is 0 Å². The van der Waals surface area contributed by atoms with Crippen molar-refractivity contribution in [2.45, 2.75) is 11.4 Å². The number of sulfonamides is 1. The molecule has 102 valence electrons. The SMILES string of the molecule is CN(Cc1ccsc1)S(=O)(=O)c1ccc(Br)c(F)c1. The third-order valence-corrected chi connectivity index (χ3v) is 5.76. The van der Waals surface area contributed by atoms with Crippen molar-refractivity contribution >= 4 is 37.3 Å². The number of rotatable bonds is 4. The fourth-order valence-electron chi connectivity index (χ4n) is 1.54. The summed E-state index contributed by atoms with van der Waals surface area (Å²) in [5.74, 6) is -0.593. The van der Waals surface area contributed by atoms with E-state index in [1.54, 1.807) is 0 Å². The molecule has 0 aliphatic carbocycles. The number of benzene rings is 1. The van der Waals surface area contributed by atoms with E-state index in [4.69, 9.17) is 0 Å². The Bertz CT molecular complexity index is 671. The van der Waals surface area contributed by atoms with Gasteiger partial charge in [-0.05, 0) is 56.5 Å². The highest BCUT2D eigenvalue weighted by Gasteiger charge is 2.22. The van der Waals surface area contributed by atoms with Gasteiger partial charge in [-0.25, -0.2) is 12.8 Å². The van der Waals surface area contributed by atoms with Gasteiger partial charge in [0, 0.05) is 13.6 Å². The minimum Gasteiger partial charge on any atom is -0.207 e. The van der Waals surface area contributed by atoms with Gasteiger partial charge in [-0.15, -0.1) is 0 Å². The second-order valence-corrected chi connectivity index (χ2v) is 7.65. The summed E-state index contributed by atoms with van der Waals surface area (Å²) in [6.45, 7) is 0.267. The van der Waals surface area contributed by atoms with Crippen LogP contribution in [0.5, 0.6) is 0 Å². The monoisotopic (exact) mass is 363 g/mol. The molecule has 0 atom stereocenters. The second kappa shape index (κ2) is 5.70. The van der Waals surface area contributed by atoms with Crippen molar-refractivity contribution in [2.75, 3.05) is 7.05 Å². The average Bonchev–Trinajstić information content (AvgIpc) is 2.85. The molecule has 19 heavy (non-hydrogen) atoms. The van der Waals surface area contributed by atoms with Crippen molar-refractivity contribution in [1.82, 2.24) is 4.31 Å². The molecule has 0 amide bonds. The molecule has 3 nitrogen and oxygen atoms in total. The van der Waals surface area contributed by atoms with Crippen LogP contribution in [0.4, 0.5) is 4.39 Å². The Balaban J connectivity index is 2.28. The van der Waals surface area contributed by atoms with Crippen LogP contribution in [-0.2, 0) is 16.6 Å². The second-order valence-electron chi connectivity index (χ2n) is 3.97. The van der Waals surface area contributed by atoms with E-state index in [2.05, 4.69) is 15.9 Å². The molecule has 7 heteroatoms. The minimum atomic E-state index is -3.68. The highest BCUT2D eigenvalue weighted by Crippen LogP contribution is 2.22. The summed E-state index contributed by atoms with van der Waals surface area (Å²) in [4.78, 5) is -0.0501. The highest BCUT2D eigenvalue weighted by molar-refractivity contribution is 9.10. The third kappa shape index (κ3) is 3.22. The summed E-state index contributed by atoms with van der Waals surface area (Å²) in [6.07, 6.45) is 0. The summed E-state index contributed by atoms with van der Waals surface area (Å²) in [5.41, 5.74) is 0.911. The van der Waals surface area contributed by atoms with E-state index in [1.807, 2.05) is 16.8 Å². The molecule has 2 rings (SSSR count). The van der Waals surface area contributed by atoms with Crippen LogP contribution >= 0.6 is 27.3 Å². The normalized spacial score (nSPS) is 12.0. The van der Waals surface area contributed by atoms with Gasteiger partial charge in [-0.3, -0.25) is 0 Å². The first kappa shape index (κ1) is 14.6. The maximum Gasteiger partial charge on any atom is 0.243 e.